The summed E-state index contributed by atoms with van der Waals surface area (Å²) in [6.45, 7) is 2.84. The summed E-state index contributed by atoms with van der Waals surface area (Å²) in [6.07, 6.45) is 7.38. The third kappa shape index (κ3) is 2.74. The maximum Gasteiger partial charge on any atom is 0.261 e. The molecular formula is C18H23NO2. The lowest BCUT2D eigenvalue weighted by molar-refractivity contribution is 0.0609. The Morgan fingerprint density at radius 3 is 2.00 bits per heavy atom. The lowest BCUT2D eigenvalue weighted by Gasteiger charge is -2.30. The van der Waals surface area contributed by atoms with Crippen LogP contribution in [0.3, 0.4) is 0 Å². The first-order valence-electron chi connectivity index (χ1n) is 8.16. The van der Waals surface area contributed by atoms with Crippen molar-refractivity contribution in [1.82, 2.24) is 4.90 Å². The van der Waals surface area contributed by atoms with Gasteiger partial charge in [0.05, 0.1) is 11.1 Å². The molecule has 2 aliphatic rings. The minimum absolute atomic E-state index is 0.105. The summed E-state index contributed by atoms with van der Waals surface area (Å²) in [5.74, 6) is 1.13. The predicted octanol–water partition coefficient (Wildman–Crippen LogP) is 3.89. The number of nitrogens with zero attached hydrogens (tertiary/aromatic N) is 1. The van der Waals surface area contributed by atoms with Crippen LogP contribution < -0.4 is 0 Å². The molecule has 3 nitrogen and oxygen atoms in total. The van der Waals surface area contributed by atoms with Gasteiger partial charge >= 0.3 is 0 Å². The molecule has 0 saturated heterocycles. The van der Waals surface area contributed by atoms with E-state index in [2.05, 4.69) is 6.92 Å². The zero-order valence-electron chi connectivity index (χ0n) is 12.7. The van der Waals surface area contributed by atoms with Crippen molar-refractivity contribution < 1.29 is 9.59 Å². The predicted molar refractivity (Wildman–Crippen MR) is 82.2 cm³/mol. The topological polar surface area (TPSA) is 37.4 Å². The van der Waals surface area contributed by atoms with E-state index in [4.69, 9.17) is 0 Å². The second kappa shape index (κ2) is 6.00. The Kier molecular flexibility index (Phi) is 4.09. The van der Waals surface area contributed by atoms with Crippen LogP contribution in [0.25, 0.3) is 0 Å². The molecule has 1 aromatic carbocycles. The van der Waals surface area contributed by atoms with Gasteiger partial charge in [-0.2, -0.15) is 0 Å². The van der Waals surface area contributed by atoms with E-state index in [1.165, 1.54) is 30.6 Å². The van der Waals surface area contributed by atoms with Gasteiger partial charge in [-0.3, -0.25) is 14.5 Å². The van der Waals surface area contributed by atoms with E-state index >= 15 is 0 Å². The van der Waals surface area contributed by atoms with Gasteiger partial charge in [0.15, 0.2) is 0 Å². The van der Waals surface area contributed by atoms with E-state index < -0.39 is 0 Å². The molecule has 0 bridgehead atoms. The highest BCUT2D eigenvalue weighted by Crippen LogP contribution is 2.33. The Labute approximate surface area is 126 Å². The minimum Gasteiger partial charge on any atom is -0.274 e. The van der Waals surface area contributed by atoms with Gasteiger partial charge < -0.3 is 0 Å². The summed E-state index contributed by atoms with van der Waals surface area (Å²) in [5, 5.41) is 0. The average molecular weight is 285 g/mol. The smallest absolute Gasteiger partial charge is 0.261 e. The third-order valence-corrected chi connectivity index (χ3v) is 4.98. The molecule has 0 atom stereocenters. The fourth-order valence-corrected chi connectivity index (χ4v) is 3.77. The van der Waals surface area contributed by atoms with Gasteiger partial charge in [-0.05, 0) is 36.8 Å². The molecule has 1 fully saturated rings. The van der Waals surface area contributed by atoms with Crippen LogP contribution in [-0.2, 0) is 0 Å². The molecule has 0 unspecified atom stereocenters. The Morgan fingerprint density at radius 1 is 0.952 bits per heavy atom. The molecule has 1 aliphatic carbocycles. The van der Waals surface area contributed by atoms with Gasteiger partial charge in [0.25, 0.3) is 11.8 Å². The van der Waals surface area contributed by atoms with E-state index in [1.54, 1.807) is 12.1 Å². The molecule has 1 aromatic rings. The maximum absolute atomic E-state index is 12.4. The fourth-order valence-electron chi connectivity index (χ4n) is 3.77. The van der Waals surface area contributed by atoms with Crippen LogP contribution in [0, 0.1) is 11.8 Å². The average Bonchev–Trinajstić information content (AvgIpc) is 2.75. The van der Waals surface area contributed by atoms with Crippen molar-refractivity contribution in [3.05, 3.63) is 35.4 Å². The molecule has 1 heterocycles. The number of rotatable bonds is 4. The van der Waals surface area contributed by atoms with E-state index in [-0.39, 0.29) is 11.8 Å². The van der Waals surface area contributed by atoms with Gasteiger partial charge in [0.1, 0.15) is 0 Å². The number of fused-ring (bicyclic) bond motifs is 1. The number of carbonyl (C=O) groups is 2. The zero-order chi connectivity index (χ0) is 14.8. The number of hydrogen-bond acceptors (Lipinski definition) is 2. The molecule has 2 amide bonds. The zero-order valence-corrected chi connectivity index (χ0v) is 12.7. The summed E-state index contributed by atoms with van der Waals surface area (Å²) in [5.41, 5.74) is 1.14. The van der Waals surface area contributed by atoms with Crippen molar-refractivity contribution in [2.24, 2.45) is 11.8 Å². The lowest BCUT2D eigenvalue weighted by Crippen LogP contribution is -2.35. The quantitative estimate of drug-likeness (QED) is 0.787. The van der Waals surface area contributed by atoms with Crippen molar-refractivity contribution in [2.75, 3.05) is 6.54 Å². The normalized spacial score (nSPS) is 25.3. The first-order valence-corrected chi connectivity index (χ1v) is 8.16. The maximum atomic E-state index is 12.4. The van der Waals surface area contributed by atoms with E-state index in [0.29, 0.717) is 23.6 Å². The molecule has 0 radical (unpaired) electrons. The van der Waals surface area contributed by atoms with Crippen LogP contribution in [0.4, 0.5) is 0 Å². The Hall–Kier alpha value is -1.64. The highest BCUT2D eigenvalue weighted by atomic mass is 16.2. The van der Waals surface area contributed by atoms with E-state index in [0.717, 1.165) is 18.8 Å². The van der Waals surface area contributed by atoms with Crippen molar-refractivity contribution in [1.29, 1.82) is 0 Å². The van der Waals surface area contributed by atoms with E-state index in [9.17, 15) is 9.59 Å². The minimum atomic E-state index is -0.105. The summed E-state index contributed by atoms with van der Waals surface area (Å²) in [6, 6.07) is 7.16. The Morgan fingerprint density at radius 2 is 1.48 bits per heavy atom. The van der Waals surface area contributed by atoms with Gasteiger partial charge in [-0.25, -0.2) is 0 Å². The van der Waals surface area contributed by atoms with Crippen LogP contribution >= 0.6 is 0 Å². The molecular weight excluding hydrogens is 262 g/mol. The lowest BCUT2D eigenvalue weighted by atomic mass is 9.80. The number of imide groups is 1. The van der Waals surface area contributed by atoms with Gasteiger partial charge in [-0.1, -0.05) is 44.7 Å². The standard InChI is InChI=1S/C18H23NO2/c1-2-5-13-8-10-14(11-9-13)12-19-17(20)15-6-3-4-7-16(15)18(19)21/h3-4,6-7,13-14H,2,5,8-12H2,1H3. The van der Waals surface area contributed by atoms with Crippen LogP contribution in [0.5, 0.6) is 0 Å². The Balaban J connectivity index is 1.63. The molecule has 3 heteroatoms. The molecule has 0 spiro atoms. The van der Waals surface area contributed by atoms with Crippen LogP contribution in [-0.4, -0.2) is 23.3 Å². The van der Waals surface area contributed by atoms with Crippen molar-refractivity contribution in [3.8, 4) is 0 Å². The highest BCUT2D eigenvalue weighted by Gasteiger charge is 2.36. The van der Waals surface area contributed by atoms with Crippen molar-refractivity contribution in [3.63, 3.8) is 0 Å². The number of hydrogen-bond donors (Lipinski definition) is 0. The van der Waals surface area contributed by atoms with E-state index in [1.807, 2.05) is 12.1 Å². The Bertz CT molecular complexity index is 509. The molecule has 0 aromatic heterocycles. The molecule has 112 valence electrons. The fraction of sp³-hybridized carbons (Fsp3) is 0.556. The molecule has 1 saturated carbocycles. The summed E-state index contributed by atoms with van der Waals surface area (Å²) in [7, 11) is 0. The number of amides is 2. The first-order chi connectivity index (χ1) is 10.2. The van der Waals surface area contributed by atoms with Crippen LogP contribution in [0.1, 0.15) is 66.2 Å². The van der Waals surface area contributed by atoms with Crippen LogP contribution in [0.15, 0.2) is 24.3 Å². The number of benzene rings is 1. The molecule has 21 heavy (non-hydrogen) atoms. The number of carbonyl (C=O) groups excluding carboxylic acids is 2. The molecule has 1 aliphatic heterocycles. The molecule has 0 N–H and O–H groups in total. The SMILES string of the molecule is CCCC1CCC(CN2C(=O)c3ccccc3C2=O)CC1. The van der Waals surface area contributed by atoms with Crippen LogP contribution in [0.2, 0.25) is 0 Å². The van der Waals surface area contributed by atoms with Gasteiger partial charge in [0.2, 0.25) is 0 Å². The summed E-state index contributed by atoms with van der Waals surface area (Å²) < 4.78 is 0. The monoisotopic (exact) mass is 285 g/mol. The second-order valence-electron chi connectivity index (χ2n) is 6.44. The third-order valence-electron chi connectivity index (χ3n) is 4.98. The highest BCUT2D eigenvalue weighted by molar-refractivity contribution is 6.21. The summed E-state index contributed by atoms with van der Waals surface area (Å²) in [4.78, 5) is 26.2. The van der Waals surface area contributed by atoms with Gasteiger partial charge in [0, 0.05) is 6.54 Å². The van der Waals surface area contributed by atoms with Gasteiger partial charge in [-0.15, -0.1) is 0 Å². The largest absolute Gasteiger partial charge is 0.274 e. The molecule has 3 rings (SSSR count). The first kappa shape index (κ1) is 14.3. The summed E-state index contributed by atoms with van der Waals surface area (Å²) >= 11 is 0. The van der Waals surface area contributed by atoms with Crippen molar-refractivity contribution >= 4 is 11.8 Å². The second-order valence-corrected chi connectivity index (χ2v) is 6.44. The van der Waals surface area contributed by atoms with Crippen molar-refractivity contribution in [2.45, 2.75) is 45.4 Å².